The van der Waals surface area contributed by atoms with Crippen molar-refractivity contribution in [2.75, 3.05) is 49.9 Å². The zero-order chi connectivity index (χ0) is 21.3. The number of nitrogens with one attached hydrogen (secondary N) is 1. The van der Waals surface area contributed by atoms with Crippen LogP contribution >= 0.6 is 0 Å². The molecule has 0 aromatic heterocycles. The van der Waals surface area contributed by atoms with Crippen LogP contribution in [0, 0.1) is 11.6 Å². The monoisotopic (exact) mass is 434 g/mol. The first-order chi connectivity index (χ1) is 14.6. The van der Waals surface area contributed by atoms with Crippen molar-refractivity contribution >= 4 is 22.4 Å². The quantitative estimate of drug-likeness (QED) is 0.538. The number of guanidine groups is 1. The Morgan fingerprint density at radius 1 is 1.10 bits per heavy atom. The van der Waals surface area contributed by atoms with Crippen molar-refractivity contribution in [3.05, 3.63) is 65.7 Å². The highest BCUT2D eigenvalue weighted by atomic mass is 32.2. The van der Waals surface area contributed by atoms with E-state index in [2.05, 4.69) is 15.2 Å². The van der Waals surface area contributed by atoms with Gasteiger partial charge in [-0.3, -0.25) is 9.20 Å². The van der Waals surface area contributed by atoms with E-state index in [9.17, 15) is 13.0 Å². The summed E-state index contributed by atoms with van der Waals surface area (Å²) in [4.78, 5) is 8.60. The molecule has 1 aliphatic rings. The summed E-state index contributed by atoms with van der Waals surface area (Å²) in [5.74, 6) is 0.954. The van der Waals surface area contributed by atoms with E-state index < -0.39 is 22.4 Å². The molecule has 3 rings (SSSR count). The fourth-order valence-electron chi connectivity index (χ4n) is 3.40. The molecule has 30 heavy (non-hydrogen) atoms. The second-order valence-corrected chi connectivity index (χ2v) is 8.66. The molecule has 1 unspecified atom stereocenters. The molecule has 0 bridgehead atoms. The second-order valence-electron chi connectivity index (χ2n) is 7.08. The minimum atomic E-state index is -0.971. The zero-order valence-electron chi connectivity index (χ0n) is 17.2. The van der Waals surface area contributed by atoms with Crippen LogP contribution in [0.2, 0.25) is 0 Å². The molecule has 1 heterocycles. The first-order valence-corrected chi connectivity index (χ1v) is 11.7. The lowest BCUT2D eigenvalue weighted by molar-refractivity contribution is 0.371. The van der Waals surface area contributed by atoms with E-state index in [0.717, 1.165) is 30.2 Å². The van der Waals surface area contributed by atoms with Gasteiger partial charge in [-0.05, 0) is 24.6 Å². The van der Waals surface area contributed by atoms with E-state index in [1.54, 1.807) is 0 Å². The Morgan fingerprint density at radius 2 is 1.83 bits per heavy atom. The topological polar surface area (TPSA) is 47.9 Å². The molecule has 1 fully saturated rings. The number of hydrogen-bond donors (Lipinski definition) is 1. The fourth-order valence-corrected chi connectivity index (χ4v) is 4.40. The average Bonchev–Trinajstić information content (AvgIpc) is 2.76. The Morgan fingerprint density at radius 3 is 2.53 bits per heavy atom. The Labute approximate surface area is 179 Å². The molecular weight excluding hydrogens is 406 g/mol. The Hall–Kier alpha value is -2.48. The Balaban J connectivity index is 1.53. The van der Waals surface area contributed by atoms with E-state index in [1.807, 2.05) is 42.2 Å². The first kappa shape index (κ1) is 22.2. The maximum Gasteiger partial charge on any atom is 0.194 e. The van der Waals surface area contributed by atoms with E-state index >= 15 is 0 Å². The summed E-state index contributed by atoms with van der Waals surface area (Å²) in [6.07, 6.45) is 0. The summed E-state index contributed by atoms with van der Waals surface area (Å²) >= 11 is 0. The molecule has 5 nitrogen and oxygen atoms in total. The molecule has 2 aromatic rings. The van der Waals surface area contributed by atoms with Crippen LogP contribution in [-0.4, -0.2) is 60.1 Å². The van der Waals surface area contributed by atoms with Crippen LogP contribution in [0.15, 0.2) is 53.5 Å². The van der Waals surface area contributed by atoms with Crippen LogP contribution in [0.1, 0.15) is 12.5 Å². The molecule has 1 saturated heterocycles. The number of benzene rings is 2. The third-order valence-corrected chi connectivity index (χ3v) is 6.21. The molecule has 1 N–H and O–H groups in total. The molecule has 8 heteroatoms. The fraction of sp³-hybridized carbons (Fsp3) is 0.409. The molecule has 2 aromatic carbocycles. The van der Waals surface area contributed by atoms with Crippen molar-refractivity contribution in [2.45, 2.75) is 12.7 Å². The molecule has 1 atom stereocenters. The van der Waals surface area contributed by atoms with Crippen molar-refractivity contribution < 1.29 is 13.0 Å². The van der Waals surface area contributed by atoms with Gasteiger partial charge in [0.25, 0.3) is 0 Å². The largest absolute Gasteiger partial charge is 0.366 e. The first-order valence-electron chi connectivity index (χ1n) is 10.2. The number of rotatable bonds is 7. The number of hydrogen-bond acceptors (Lipinski definition) is 3. The zero-order valence-corrected chi connectivity index (χ0v) is 18.0. The lowest BCUT2D eigenvalue weighted by atomic mass is 10.2. The summed E-state index contributed by atoms with van der Waals surface area (Å²) < 4.78 is 39.9. The van der Waals surface area contributed by atoms with Gasteiger partial charge in [-0.2, -0.15) is 0 Å². The predicted molar refractivity (Wildman–Crippen MR) is 119 cm³/mol. The van der Waals surface area contributed by atoms with Gasteiger partial charge in [0.2, 0.25) is 0 Å². The summed E-state index contributed by atoms with van der Waals surface area (Å²) in [5.41, 5.74) is 1.36. The minimum Gasteiger partial charge on any atom is -0.366 e. The van der Waals surface area contributed by atoms with E-state index in [1.165, 1.54) is 6.07 Å². The number of piperazine rings is 1. The molecule has 0 amide bonds. The second kappa shape index (κ2) is 11.1. The lowest BCUT2D eigenvalue weighted by Gasteiger charge is -2.37. The van der Waals surface area contributed by atoms with Crippen LogP contribution in [-0.2, 0) is 16.6 Å². The van der Waals surface area contributed by atoms with Gasteiger partial charge in [0.05, 0.1) is 12.2 Å². The third-order valence-electron chi connectivity index (χ3n) is 4.91. The Kier molecular flexibility index (Phi) is 8.19. The molecule has 0 saturated carbocycles. The Bertz CT molecular complexity index is 871. The summed E-state index contributed by atoms with van der Waals surface area (Å²) in [6, 6.07) is 13.3. The van der Waals surface area contributed by atoms with E-state index in [-0.39, 0.29) is 0 Å². The molecule has 162 valence electrons. The highest BCUT2D eigenvalue weighted by Crippen LogP contribution is 2.21. The SMILES string of the molecule is CCNC(=NCCS(=O)Cc1ccccc1)N1CCN(c2cc(F)ccc2F)CC1. The standard InChI is InChI=1S/C22H28F2N4OS/c1-2-25-22(26-10-15-30(29)17-18-6-4-3-5-7-18)28-13-11-27(12-14-28)21-16-19(23)8-9-20(21)24/h3-9,16H,2,10-15,17H2,1H3,(H,25,26). The number of halogens is 2. The van der Waals surface area contributed by atoms with Crippen molar-refractivity contribution in [3.63, 3.8) is 0 Å². The lowest BCUT2D eigenvalue weighted by Crippen LogP contribution is -2.52. The van der Waals surface area contributed by atoms with Gasteiger partial charge in [0, 0.05) is 61.1 Å². The van der Waals surface area contributed by atoms with Gasteiger partial charge in [0.15, 0.2) is 5.96 Å². The predicted octanol–water partition coefficient (Wildman–Crippen LogP) is 3.00. The van der Waals surface area contributed by atoms with Crippen molar-refractivity contribution in [1.29, 1.82) is 0 Å². The number of anilines is 1. The summed E-state index contributed by atoms with van der Waals surface area (Å²) in [5, 5.41) is 3.28. The third kappa shape index (κ3) is 6.26. The maximum atomic E-state index is 14.0. The van der Waals surface area contributed by atoms with Gasteiger partial charge in [-0.25, -0.2) is 8.78 Å². The summed E-state index contributed by atoms with van der Waals surface area (Å²) in [6.45, 7) is 5.64. The summed E-state index contributed by atoms with van der Waals surface area (Å²) in [7, 11) is -0.971. The molecule has 1 aliphatic heterocycles. The van der Waals surface area contributed by atoms with Gasteiger partial charge in [0.1, 0.15) is 11.6 Å². The van der Waals surface area contributed by atoms with Crippen molar-refractivity contribution in [2.24, 2.45) is 4.99 Å². The van der Waals surface area contributed by atoms with Crippen molar-refractivity contribution in [3.8, 4) is 0 Å². The van der Waals surface area contributed by atoms with Crippen LogP contribution in [0.4, 0.5) is 14.5 Å². The maximum absolute atomic E-state index is 14.0. The smallest absolute Gasteiger partial charge is 0.194 e. The van der Waals surface area contributed by atoms with Gasteiger partial charge >= 0.3 is 0 Å². The van der Waals surface area contributed by atoms with Gasteiger partial charge < -0.3 is 15.1 Å². The minimum absolute atomic E-state index is 0.299. The average molecular weight is 435 g/mol. The van der Waals surface area contributed by atoms with Crippen LogP contribution < -0.4 is 10.2 Å². The van der Waals surface area contributed by atoms with Gasteiger partial charge in [-0.15, -0.1) is 0 Å². The van der Waals surface area contributed by atoms with Crippen LogP contribution in [0.3, 0.4) is 0 Å². The highest BCUT2D eigenvalue weighted by molar-refractivity contribution is 7.84. The van der Waals surface area contributed by atoms with E-state index in [0.29, 0.717) is 49.9 Å². The molecule has 0 radical (unpaired) electrons. The van der Waals surface area contributed by atoms with Gasteiger partial charge in [-0.1, -0.05) is 30.3 Å². The molecule has 0 spiro atoms. The van der Waals surface area contributed by atoms with Crippen molar-refractivity contribution in [1.82, 2.24) is 10.2 Å². The number of nitrogens with zero attached hydrogens (tertiary/aromatic N) is 3. The van der Waals surface area contributed by atoms with Crippen LogP contribution in [0.25, 0.3) is 0 Å². The highest BCUT2D eigenvalue weighted by Gasteiger charge is 2.22. The molecular formula is C22H28F2N4OS. The normalized spacial score (nSPS) is 15.9. The van der Waals surface area contributed by atoms with Crippen LogP contribution in [0.5, 0.6) is 0 Å². The molecule has 0 aliphatic carbocycles. The number of aliphatic imine (C=N–C) groups is 1. The van der Waals surface area contributed by atoms with E-state index in [4.69, 9.17) is 0 Å².